The number of aromatic nitrogens is 4. The van der Waals surface area contributed by atoms with Gasteiger partial charge >= 0.3 is 0 Å². The van der Waals surface area contributed by atoms with Crippen molar-refractivity contribution in [3.05, 3.63) is 30.0 Å². The van der Waals surface area contributed by atoms with Crippen molar-refractivity contribution in [2.24, 2.45) is 5.73 Å². The zero-order valence-corrected chi connectivity index (χ0v) is 8.66. The van der Waals surface area contributed by atoms with Crippen molar-refractivity contribution in [1.82, 2.24) is 19.8 Å². The normalized spacial score (nSPS) is 11.1. The molecule has 17 heavy (non-hydrogen) atoms. The quantitative estimate of drug-likeness (QED) is 0.606. The average Bonchev–Trinajstić information content (AvgIpc) is 2.73. The van der Waals surface area contributed by atoms with Crippen LogP contribution in [0.25, 0.3) is 16.6 Å². The molecule has 0 unspecified atom stereocenters. The number of amides is 1. The Hall–Kier alpha value is -2.70. The Morgan fingerprint density at radius 1 is 1.29 bits per heavy atom. The third kappa shape index (κ3) is 1.22. The molecule has 0 bridgehead atoms. The van der Waals surface area contributed by atoms with Crippen LogP contribution in [0, 0.1) is 0 Å². The molecule has 0 fully saturated rings. The zero-order valence-electron chi connectivity index (χ0n) is 8.66. The third-order valence-electron chi connectivity index (χ3n) is 2.51. The number of carbonyl (C=O) groups excluding carboxylic acids is 1. The number of nitrogens with two attached hydrogens (primary N) is 2. The summed E-state index contributed by atoms with van der Waals surface area (Å²) in [5, 5.41) is 8.31. The Morgan fingerprint density at radius 2 is 2.06 bits per heavy atom. The van der Waals surface area contributed by atoms with E-state index < -0.39 is 5.91 Å². The van der Waals surface area contributed by atoms with E-state index in [-0.39, 0.29) is 11.3 Å². The molecule has 3 aromatic rings. The van der Waals surface area contributed by atoms with Crippen LogP contribution in [0.15, 0.2) is 24.3 Å². The van der Waals surface area contributed by atoms with Crippen LogP contribution >= 0.6 is 0 Å². The first-order valence-electron chi connectivity index (χ1n) is 4.88. The fourth-order valence-corrected chi connectivity index (χ4v) is 1.75. The molecular formula is C10H8N6O. The van der Waals surface area contributed by atoms with Crippen molar-refractivity contribution in [1.29, 1.82) is 0 Å². The minimum Gasteiger partial charge on any atom is -0.383 e. The first-order chi connectivity index (χ1) is 8.18. The van der Waals surface area contributed by atoms with Crippen LogP contribution in [0.2, 0.25) is 0 Å². The van der Waals surface area contributed by atoms with E-state index in [9.17, 15) is 4.79 Å². The second-order valence-corrected chi connectivity index (χ2v) is 3.55. The number of primary amides is 1. The lowest BCUT2D eigenvalue weighted by Crippen LogP contribution is -2.12. The summed E-state index contributed by atoms with van der Waals surface area (Å²) in [7, 11) is 0. The monoisotopic (exact) mass is 228 g/mol. The van der Waals surface area contributed by atoms with Gasteiger partial charge in [-0.2, -0.15) is 4.52 Å². The molecule has 0 atom stereocenters. The molecule has 0 aliphatic carbocycles. The highest BCUT2D eigenvalue weighted by molar-refractivity contribution is 5.99. The van der Waals surface area contributed by atoms with Crippen LogP contribution in [0.3, 0.4) is 0 Å². The number of nitrogen functional groups attached to an aromatic ring is 1. The number of anilines is 1. The van der Waals surface area contributed by atoms with E-state index in [1.165, 1.54) is 4.52 Å². The Balaban J connectivity index is 2.54. The van der Waals surface area contributed by atoms with Gasteiger partial charge < -0.3 is 11.5 Å². The number of para-hydroxylation sites is 1. The van der Waals surface area contributed by atoms with Crippen molar-refractivity contribution in [2.45, 2.75) is 0 Å². The van der Waals surface area contributed by atoms with E-state index in [1.54, 1.807) is 0 Å². The van der Waals surface area contributed by atoms with Gasteiger partial charge in [0.05, 0.1) is 5.52 Å². The minimum atomic E-state index is -0.679. The van der Waals surface area contributed by atoms with Crippen LogP contribution in [0.1, 0.15) is 10.5 Å². The zero-order chi connectivity index (χ0) is 12.0. The van der Waals surface area contributed by atoms with E-state index in [0.29, 0.717) is 5.82 Å². The van der Waals surface area contributed by atoms with Gasteiger partial charge in [0, 0.05) is 5.39 Å². The summed E-state index contributed by atoms with van der Waals surface area (Å²) in [6, 6.07) is 7.33. The van der Waals surface area contributed by atoms with Crippen LogP contribution < -0.4 is 11.5 Å². The number of carbonyl (C=O) groups is 1. The molecule has 0 aliphatic heterocycles. The molecule has 0 aliphatic rings. The standard InChI is InChI=1S/C10H8N6O/c11-8-5-3-1-2-4-6(5)16-10(13-8)7(9(12)17)14-15-16/h1-4H,(H2,11,13)(H2,12,17). The fourth-order valence-electron chi connectivity index (χ4n) is 1.75. The second kappa shape index (κ2) is 3.14. The summed E-state index contributed by atoms with van der Waals surface area (Å²) in [6.07, 6.45) is 0. The predicted molar refractivity (Wildman–Crippen MR) is 61.2 cm³/mol. The topological polar surface area (TPSA) is 112 Å². The van der Waals surface area contributed by atoms with Gasteiger partial charge in [0.2, 0.25) is 0 Å². The highest BCUT2D eigenvalue weighted by Gasteiger charge is 2.16. The van der Waals surface area contributed by atoms with Crippen molar-refractivity contribution in [3.63, 3.8) is 0 Å². The smallest absolute Gasteiger partial charge is 0.273 e. The van der Waals surface area contributed by atoms with E-state index in [0.717, 1.165) is 10.9 Å². The van der Waals surface area contributed by atoms with E-state index >= 15 is 0 Å². The number of hydrogen-bond donors (Lipinski definition) is 2. The molecule has 0 saturated carbocycles. The summed E-state index contributed by atoms with van der Waals surface area (Å²) in [6.45, 7) is 0. The average molecular weight is 228 g/mol. The second-order valence-electron chi connectivity index (χ2n) is 3.55. The lowest BCUT2D eigenvalue weighted by atomic mass is 10.2. The minimum absolute atomic E-state index is 0.0162. The van der Waals surface area contributed by atoms with Crippen molar-refractivity contribution >= 4 is 28.3 Å². The van der Waals surface area contributed by atoms with Crippen LogP contribution in [0.5, 0.6) is 0 Å². The number of benzene rings is 1. The van der Waals surface area contributed by atoms with E-state index in [1.807, 2.05) is 24.3 Å². The molecule has 84 valence electrons. The first-order valence-corrected chi connectivity index (χ1v) is 4.88. The molecule has 2 aromatic heterocycles. The van der Waals surface area contributed by atoms with Crippen LogP contribution in [0.4, 0.5) is 5.82 Å². The summed E-state index contributed by atoms with van der Waals surface area (Å²) in [5.41, 5.74) is 12.0. The number of nitrogens with zero attached hydrogens (tertiary/aromatic N) is 4. The van der Waals surface area contributed by atoms with Crippen LogP contribution in [-0.2, 0) is 0 Å². The SMILES string of the molecule is NC(=O)c1nnn2c1nc(N)c1ccccc12. The molecule has 0 saturated heterocycles. The molecular weight excluding hydrogens is 220 g/mol. The lowest BCUT2D eigenvalue weighted by molar-refractivity contribution is 0.0997. The highest BCUT2D eigenvalue weighted by atomic mass is 16.1. The van der Waals surface area contributed by atoms with Crippen molar-refractivity contribution in [2.75, 3.05) is 5.73 Å². The van der Waals surface area contributed by atoms with Gasteiger partial charge in [0.1, 0.15) is 5.82 Å². The Kier molecular flexibility index (Phi) is 1.76. The van der Waals surface area contributed by atoms with Gasteiger partial charge in [-0.25, -0.2) is 4.98 Å². The summed E-state index contributed by atoms with van der Waals surface area (Å²) in [4.78, 5) is 15.2. The Labute approximate surface area is 95.0 Å². The molecule has 0 spiro atoms. The van der Waals surface area contributed by atoms with Gasteiger partial charge in [0.15, 0.2) is 11.3 Å². The summed E-state index contributed by atoms with van der Waals surface area (Å²) in [5.74, 6) is -0.361. The van der Waals surface area contributed by atoms with Crippen molar-refractivity contribution in [3.8, 4) is 0 Å². The summed E-state index contributed by atoms with van der Waals surface area (Å²) >= 11 is 0. The van der Waals surface area contributed by atoms with Gasteiger partial charge in [-0.15, -0.1) is 5.10 Å². The molecule has 3 rings (SSSR count). The fraction of sp³-hybridized carbons (Fsp3) is 0. The molecule has 7 nitrogen and oxygen atoms in total. The molecule has 2 heterocycles. The molecule has 1 aromatic carbocycles. The number of fused-ring (bicyclic) bond motifs is 3. The van der Waals surface area contributed by atoms with E-state index in [4.69, 9.17) is 11.5 Å². The highest BCUT2D eigenvalue weighted by Crippen LogP contribution is 2.20. The molecule has 1 amide bonds. The predicted octanol–water partition coefficient (Wildman–Crippen LogP) is -0.0414. The number of hydrogen-bond acceptors (Lipinski definition) is 5. The molecule has 0 radical (unpaired) electrons. The van der Waals surface area contributed by atoms with Gasteiger partial charge in [-0.05, 0) is 12.1 Å². The maximum Gasteiger partial charge on any atom is 0.273 e. The van der Waals surface area contributed by atoms with Gasteiger partial charge in [-0.1, -0.05) is 17.3 Å². The molecule has 7 heteroatoms. The van der Waals surface area contributed by atoms with E-state index in [2.05, 4.69) is 15.3 Å². The largest absolute Gasteiger partial charge is 0.383 e. The van der Waals surface area contributed by atoms with Gasteiger partial charge in [-0.3, -0.25) is 4.79 Å². The third-order valence-corrected chi connectivity index (χ3v) is 2.51. The van der Waals surface area contributed by atoms with Gasteiger partial charge in [0.25, 0.3) is 5.91 Å². The maximum atomic E-state index is 11.1. The first kappa shape index (κ1) is 9.52. The Bertz CT molecular complexity index is 747. The van der Waals surface area contributed by atoms with Crippen LogP contribution in [-0.4, -0.2) is 25.7 Å². The molecule has 4 N–H and O–H groups in total. The van der Waals surface area contributed by atoms with Crippen molar-refractivity contribution < 1.29 is 4.79 Å². The maximum absolute atomic E-state index is 11.1. The summed E-state index contributed by atoms with van der Waals surface area (Å²) < 4.78 is 1.45. The lowest BCUT2D eigenvalue weighted by Gasteiger charge is -2.02. The Morgan fingerprint density at radius 3 is 2.82 bits per heavy atom. The number of rotatable bonds is 1.